The Kier molecular flexibility index (Phi) is 5.82. The van der Waals surface area contributed by atoms with Crippen LogP contribution in [0.25, 0.3) is 0 Å². The van der Waals surface area contributed by atoms with Crippen LogP contribution in [0.5, 0.6) is 0 Å². The lowest BCUT2D eigenvalue weighted by atomic mass is 9.82. The van der Waals surface area contributed by atoms with E-state index in [9.17, 15) is 36.2 Å². The predicted octanol–water partition coefficient (Wildman–Crippen LogP) is 3.90. The summed E-state index contributed by atoms with van der Waals surface area (Å²) < 4.78 is 89.0. The Morgan fingerprint density at radius 2 is 1.64 bits per heavy atom. The van der Waals surface area contributed by atoms with Gasteiger partial charge in [0.25, 0.3) is 5.60 Å². The quantitative estimate of drug-likeness (QED) is 0.581. The highest BCUT2D eigenvalue weighted by Crippen LogP contribution is 2.53. The fraction of sp³-hybridized carbons (Fsp3) is 0.933. The van der Waals surface area contributed by atoms with Crippen LogP contribution < -0.4 is 0 Å². The first-order valence-corrected chi connectivity index (χ1v) is 7.77. The Balaban J connectivity index is 3.22. The molecule has 0 aromatic heterocycles. The number of esters is 1. The molecule has 0 spiro atoms. The lowest BCUT2D eigenvalue weighted by Crippen LogP contribution is -2.71. The van der Waals surface area contributed by atoms with E-state index < -0.39 is 41.2 Å². The Hall–Kier alpha value is -1.03. The van der Waals surface area contributed by atoms with E-state index in [-0.39, 0.29) is 19.3 Å². The minimum Gasteiger partial charge on any atom is -0.459 e. The van der Waals surface area contributed by atoms with Crippen molar-refractivity contribution in [1.29, 1.82) is 0 Å². The fourth-order valence-corrected chi connectivity index (χ4v) is 3.15. The van der Waals surface area contributed by atoms with Crippen LogP contribution >= 0.6 is 0 Å². The molecule has 4 nitrogen and oxygen atoms in total. The molecular weight excluding hydrogens is 358 g/mol. The van der Waals surface area contributed by atoms with Gasteiger partial charge in [0.15, 0.2) is 0 Å². The van der Waals surface area contributed by atoms with Crippen LogP contribution in [0.1, 0.15) is 53.4 Å². The van der Waals surface area contributed by atoms with Crippen LogP contribution in [-0.2, 0) is 14.3 Å². The maximum Gasteiger partial charge on any atom is 0.429 e. The highest BCUT2D eigenvalue weighted by Gasteiger charge is 2.78. The van der Waals surface area contributed by atoms with E-state index in [2.05, 4.69) is 0 Å². The van der Waals surface area contributed by atoms with Crippen LogP contribution in [0.2, 0.25) is 0 Å². The molecule has 10 heteroatoms. The van der Waals surface area contributed by atoms with Crippen molar-refractivity contribution in [2.75, 3.05) is 0 Å². The summed E-state index contributed by atoms with van der Waals surface area (Å²) >= 11 is 0. The van der Waals surface area contributed by atoms with Crippen molar-refractivity contribution in [3.63, 3.8) is 0 Å². The summed E-state index contributed by atoms with van der Waals surface area (Å²) in [5, 5.41) is 9.62. The number of aliphatic hydroxyl groups is 1. The molecule has 1 fully saturated rings. The highest BCUT2D eigenvalue weighted by molar-refractivity contribution is 5.69. The maximum absolute atomic E-state index is 13.1. The number of alkyl halides is 6. The van der Waals surface area contributed by atoms with Crippen molar-refractivity contribution in [2.24, 2.45) is 0 Å². The van der Waals surface area contributed by atoms with E-state index in [0.29, 0.717) is 20.3 Å². The summed E-state index contributed by atoms with van der Waals surface area (Å²) in [5.41, 5.74) is -9.74. The summed E-state index contributed by atoms with van der Waals surface area (Å²) in [7, 11) is 0. The zero-order valence-electron chi connectivity index (χ0n) is 14.3. The number of carbonyl (C=O) groups is 1. The zero-order chi connectivity index (χ0) is 19.9. The van der Waals surface area contributed by atoms with Gasteiger partial charge in [-0.25, -0.2) is 0 Å². The van der Waals surface area contributed by atoms with E-state index in [0.717, 1.165) is 0 Å². The Bertz CT molecular complexity index is 485. The van der Waals surface area contributed by atoms with Gasteiger partial charge in [0, 0.05) is 6.42 Å². The average Bonchev–Trinajstić information content (AvgIpc) is 2.74. The summed E-state index contributed by atoms with van der Waals surface area (Å²) in [6.45, 7) is 3.83. The third-order valence-electron chi connectivity index (χ3n) is 4.56. The molecule has 1 rings (SSSR count). The first-order valence-electron chi connectivity index (χ1n) is 7.77. The van der Waals surface area contributed by atoms with Gasteiger partial charge in [-0.3, -0.25) is 4.79 Å². The van der Waals surface area contributed by atoms with Crippen molar-refractivity contribution in [3.05, 3.63) is 0 Å². The maximum atomic E-state index is 13.1. The van der Waals surface area contributed by atoms with Crippen LogP contribution in [0.4, 0.5) is 26.3 Å². The van der Waals surface area contributed by atoms with Gasteiger partial charge < -0.3 is 14.6 Å². The lowest BCUT2D eigenvalue weighted by Gasteiger charge is -2.48. The number of hydrogen-bond donors (Lipinski definition) is 1. The SMILES string of the molecule is CCC(=O)OC1CCCC1(C)OC(C)(C)C(O)(C(F)(F)F)C(F)(F)F. The third-order valence-corrected chi connectivity index (χ3v) is 4.56. The second-order valence-corrected chi connectivity index (χ2v) is 6.86. The van der Waals surface area contributed by atoms with E-state index in [1.807, 2.05) is 0 Å². The molecule has 1 aliphatic rings. The summed E-state index contributed by atoms with van der Waals surface area (Å²) in [5.74, 6) is -0.638. The second kappa shape index (κ2) is 6.61. The van der Waals surface area contributed by atoms with E-state index >= 15 is 0 Å². The predicted molar refractivity (Wildman–Crippen MR) is 74.7 cm³/mol. The molecular formula is C15H22F6O4. The number of rotatable bonds is 5. The molecule has 1 aliphatic carbocycles. The molecule has 0 amide bonds. The smallest absolute Gasteiger partial charge is 0.429 e. The largest absolute Gasteiger partial charge is 0.459 e. The minimum atomic E-state index is -6.01. The zero-order valence-corrected chi connectivity index (χ0v) is 14.3. The molecule has 0 saturated heterocycles. The van der Waals surface area contributed by atoms with Crippen molar-refractivity contribution in [3.8, 4) is 0 Å². The van der Waals surface area contributed by atoms with Gasteiger partial charge in [-0.2, -0.15) is 26.3 Å². The Morgan fingerprint density at radius 1 is 1.16 bits per heavy atom. The summed E-state index contributed by atoms with van der Waals surface area (Å²) in [6.07, 6.45) is -12.3. The number of carbonyl (C=O) groups excluding carboxylic acids is 1. The number of hydrogen-bond acceptors (Lipinski definition) is 4. The molecule has 0 bridgehead atoms. The number of halogens is 6. The molecule has 1 saturated carbocycles. The molecule has 2 unspecified atom stereocenters. The van der Waals surface area contributed by atoms with Gasteiger partial charge in [0.1, 0.15) is 17.3 Å². The van der Waals surface area contributed by atoms with E-state index in [4.69, 9.17) is 9.47 Å². The lowest BCUT2D eigenvalue weighted by molar-refractivity contribution is -0.422. The van der Waals surface area contributed by atoms with Crippen molar-refractivity contribution in [2.45, 2.75) is 88.6 Å². The standard InChI is InChI=1S/C15H22F6O4/c1-5-10(22)24-9-7-6-8-12(9,4)25-11(2,3)13(23,14(16,17)18)15(19,20)21/h9,23H,5-8H2,1-4H3. The molecule has 0 aromatic rings. The Morgan fingerprint density at radius 3 is 2.04 bits per heavy atom. The second-order valence-electron chi connectivity index (χ2n) is 6.86. The summed E-state index contributed by atoms with van der Waals surface area (Å²) in [4.78, 5) is 11.4. The van der Waals surface area contributed by atoms with Crippen LogP contribution in [-0.4, -0.2) is 46.3 Å². The molecule has 0 radical (unpaired) electrons. The fourth-order valence-electron chi connectivity index (χ4n) is 3.15. The van der Waals surface area contributed by atoms with E-state index in [1.165, 1.54) is 13.8 Å². The molecule has 148 valence electrons. The number of ether oxygens (including phenoxy) is 2. The molecule has 1 N–H and O–H groups in total. The molecule has 0 aromatic carbocycles. The molecule has 25 heavy (non-hydrogen) atoms. The van der Waals surface area contributed by atoms with Gasteiger partial charge in [-0.1, -0.05) is 6.92 Å². The van der Waals surface area contributed by atoms with Gasteiger partial charge in [-0.05, 0) is 40.0 Å². The first-order chi connectivity index (χ1) is 11.0. The van der Waals surface area contributed by atoms with E-state index in [1.54, 1.807) is 0 Å². The normalized spacial score (nSPS) is 26.0. The van der Waals surface area contributed by atoms with Crippen molar-refractivity contribution >= 4 is 5.97 Å². The van der Waals surface area contributed by atoms with Gasteiger partial charge >= 0.3 is 18.3 Å². The molecule has 0 heterocycles. The third kappa shape index (κ3) is 3.89. The average molecular weight is 380 g/mol. The summed E-state index contributed by atoms with van der Waals surface area (Å²) in [6, 6.07) is 0. The van der Waals surface area contributed by atoms with Crippen LogP contribution in [0, 0.1) is 0 Å². The monoisotopic (exact) mass is 380 g/mol. The van der Waals surface area contributed by atoms with Crippen LogP contribution in [0.15, 0.2) is 0 Å². The Labute approximate surface area is 141 Å². The van der Waals surface area contributed by atoms with Crippen molar-refractivity contribution < 1.29 is 45.7 Å². The highest BCUT2D eigenvalue weighted by atomic mass is 19.4. The van der Waals surface area contributed by atoms with Crippen LogP contribution in [0.3, 0.4) is 0 Å². The molecule has 0 aliphatic heterocycles. The van der Waals surface area contributed by atoms with Gasteiger partial charge in [-0.15, -0.1) is 0 Å². The van der Waals surface area contributed by atoms with Gasteiger partial charge in [0.05, 0.1) is 0 Å². The minimum absolute atomic E-state index is 0.00497. The van der Waals surface area contributed by atoms with Crippen molar-refractivity contribution in [1.82, 2.24) is 0 Å². The van der Waals surface area contributed by atoms with Gasteiger partial charge in [0.2, 0.25) is 0 Å². The molecule has 2 atom stereocenters. The topological polar surface area (TPSA) is 55.8 Å². The first kappa shape index (κ1) is 22.0.